The normalized spacial score (nSPS) is 25.6. The summed E-state index contributed by atoms with van der Waals surface area (Å²) >= 11 is 1.30. The van der Waals surface area contributed by atoms with E-state index in [2.05, 4.69) is 5.32 Å². The van der Waals surface area contributed by atoms with Gasteiger partial charge in [-0.1, -0.05) is 12.8 Å². The molecule has 15 heavy (non-hydrogen) atoms. The number of nitrogens with zero attached hydrogens (tertiary/aromatic N) is 1. The van der Waals surface area contributed by atoms with E-state index in [1.54, 1.807) is 0 Å². The van der Waals surface area contributed by atoms with Crippen LogP contribution in [0.1, 0.15) is 25.7 Å². The Morgan fingerprint density at radius 1 is 1.53 bits per heavy atom. The Morgan fingerprint density at radius 2 is 2.27 bits per heavy atom. The van der Waals surface area contributed by atoms with Gasteiger partial charge in [-0.05, 0) is 12.8 Å². The maximum Gasteiger partial charge on any atom is 0.230 e. The molecule has 0 aromatic rings. The number of nitriles is 1. The molecule has 1 saturated carbocycles. The third-order valence-corrected chi connectivity index (χ3v) is 3.28. The van der Waals surface area contributed by atoms with Crippen molar-refractivity contribution in [1.82, 2.24) is 5.32 Å². The molecule has 2 atom stereocenters. The molecule has 0 aromatic carbocycles. The van der Waals surface area contributed by atoms with Crippen LogP contribution in [-0.2, 0) is 4.79 Å². The predicted molar refractivity (Wildman–Crippen MR) is 59.3 cm³/mol. The zero-order valence-corrected chi connectivity index (χ0v) is 9.42. The van der Waals surface area contributed by atoms with Crippen LogP contribution in [-0.4, -0.2) is 34.7 Å². The van der Waals surface area contributed by atoms with Gasteiger partial charge in [0.1, 0.15) is 0 Å². The van der Waals surface area contributed by atoms with Crippen LogP contribution in [0.5, 0.6) is 0 Å². The van der Waals surface area contributed by atoms with Crippen LogP contribution >= 0.6 is 11.8 Å². The minimum Gasteiger partial charge on any atom is -0.391 e. The summed E-state index contributed by atoms with van der Waals surface area (Å²) in [6.07, 6.45) is 3.33. The number of aliphatic hydroxyl groups is 1. The van der Waals surface area contributed by atoms with Crippen LogP contribution in [0, 0.1) is 11.3 Å². The lowest BCUT2D eigenvalue weighted by atomic mass is 9.93. The van der Waals surface area contributed by atoms with E-state index in [0.717, 1.165) is 25.7 Å². The molecule has 0 spiro atoms. The first-order chi connectivity index (χ1) is 7.24. The van der Waals surface area contributed by atoms with Crippen molar-refractivity contribution in [1.29, 1.82) is 5.26 Å². The molecular formula is C10H16N2O2S. The van der Waals surface area contributed by atoms with Crippen molar-refractivity contribution < 1.29 is 9.90 Å². The van der Waals surface area contributed by atoms with Gasteiger partial charge in [0.05, 0.1) is 29.7 Å². The van der Waals surface area contributed by atoms with Crippen LogP contribution in [0.25, 0.3) is 0 Å². The number of hydrogen-bond acceptors (Lipinski definition) is 4. The highest BCUT2D eigenvalue weighted by molar-refractivity contribution is 8.00. The number of thioether (sulfide) groups is 1. The summed E-state index contributed by atoms with van der Waals surface area (Å²) in [5, 5.41) is 20.7. The van der Waals surface area contributed by atoms with E-state index in [9.17, 15) is 9.90 Å². The van der Waals surface area contributed by atoms with Crippen molar-refractivity contribution in [3.05, 3.63) is 0 Å². The number of carbonyl (C=O) groups is 1. The van der Waals surface area contributed by atoms with Crippen molar-refractivity contribution in [3.63, 3.8) is 0 Å². The first-order valence-corrected chi connectivity index (χ1v) is 6.31. The molecule has 84 valence electrons. The van der Waals surface area contributed by atoms with Crippen LogP contribution in [0.3, 0.4) is 0 Å². The van der Waals surface area contributed by atoms with Gasteiger partial charge >= 0.3 is 0 Å². The van der Waals surface area contributed by atoms with Gasteiger partial charge in [-0.25, -0.2) is 0 Å². The second-order valence-electron chi connectivity index (χ2n) is 3.68. The smallest absolute Gasteiger partial charge is 0.230 e. The van der Waals surface area contributed by atoms with Gasteiger partial charge in [0.2, 0.25) is 5.91 Å². The molecule has 0 saturated heterocycles. The lowest BCUT2D eigenvalue weighted by Crippen LogP contribution is -2.45. The van der Waals surface area contributed by atoms with Crippen LogP contribution in [0.4, 0.5) is 0 Å². The third kappa shape index (κ3) is 4.54. The number of rotatable bonds is 4. The Bertz CT molecular complexity index is 252. The van der Waals surface area contributed by atoms with E-state index in [-0.39, 0.29) is 11.9 Å². The molecule has 0 unspecified atom stereocenters. The summed E-state index contributed by atoms with van der Waals surface area (Å²) in [6, 6.07) is 1.88. The highest BCUT2D eigenvalue weighted by Gasteiger charge is 2.24. The molecule has 0 heterocycles. The molecule has 0 radical (unpaired) electrons. The fourth-order valence-electron chi connectivity index (χ4n) is 1.72. The lowest BCUT2D eigenvalue weighted by molar-refractivity contribution is -0.120. The minimum absolute atomic E-state index is 0.0822. The zero-order valence-electron chi connectivity index (χ0n) is 8.61. The number of carbonyl (C=O) groups excluding carboxylic acids is 1. The zero-order chi connectivity index (χ0) is 11.1. The first kappa shape index (κ1) is 12.3. The summed E-state index contributed by atoms with van der Waals surface area (Å²) in [7, 11) is 0. The van der Waals surface area contributed by atoms with Gasteiger partial charge in [0.15, 0.2) is 0 Å². The number of amides is 1. The summed E-state index contributed by atoms with van der Waals surface area (Å²) in [6.45, 7) is 0. The van der Waals surface area contributed by atoms with Crippen molar-refractivity contribution in [2.24, 2.45) is 0 Å². The topological polar surface area (TPSA) is 73.1 Å². The monoisotopic (exact) mass is 228 g/mol. The standard InChI is InChI=1S/C10H16N2O2S/c11-5-6-15-7-10(14)12-8-3-1-2-4-9(8)13/h8-9,13H,1-4,6-7H2,(H,12,14)/t8-,9-/m1/s1. The molecule has 1 rings (SSSR count). The minimum atomic E-state index is -0.399. The van der Waals surface area contributed by atoms with Crippen LogP contribution in [0.15, 0.2) is 0 Å². The van der Waals surface area contributed by atoms with E-state index in [4.69, 9.17) is 5.26 Å². The highest BCUT2D eigenvalue weighted by Crippen LogP contribution is 2.18. The molecule has 1 aliphatic rings. The molecule has 2 N–H and O–H groups in total. The summed E-state index contributed by atoms with van der Waals surface area (Å²) in [4.78, 5) is 11.4. The third-order valence-electron chi connectivity index (χ3n) is 2.48. The largest absolute Gasteiger partial charge is 0.391 e. The lowest BCUT2D eigenvalue weighted by Gasteiger charge is -2.28. The summed E-state index contributed by atoms with van der Waals surface area (Å²) in [5.74, 6) is 0.554. The van der Waals surface area contributed by atoms with Crippen molar-refractivity contribution in [2.75, 3.05) is 11.5 Å². The van der Waals surface area contributed by atoms with E-state index in [0.29, 0.717) is 11.5 Å². The average molecular weight is 228 g/mol. The molecule has 1 fully saturated rings. The van der Waals surface area contributed by atoms with E-state index in [1.807, 2.05) is 6.07 Å². The summed E-state index contributed by atoms with van der Waals surface area (Å²) in [5.41, 5.74) is 0. The van der Waals surface area contributed by atoms with Crippen LogP contribution in [0.2, 0.25) is 0 Å². The molecular weight excluding hydrogens is 212 g/mol. The van der Waals surface area contributed by atoms with E-state index >= 15 is 0 Å². The fourth-order valence-corrected chi connectivity index (χ4v) is 2.18. The van der Waals surface area contributed by atoms with Gasteiger partial charge in [-0.2, -0.15) is 5.26 Å². The molecule has 5 heteroatoms. The van der Waals surface area contributed by atoms with Gasteiger partial charge in [-0.3, -0.25) is 4.79 Å². The van der Waals surface area contributed by atoms with Crippen molar-refractivity contribution in [2.45, 2.75) is 37.8 Å². The number of nitrogens with one attached hydrogen (secondary N) is 1. The van der Waals surface area contributed by atoms with E-state index < -0.39 is 6.10 Å². The Hall–Kier alpha value is -0.730. The molecule has 1 aliphatic carbocycles. The second-order valence-corrected chi connectivity index (χ2v) is 4.66. The Labute approximate surface area is 94.0 Å². The van der Waals surface area contributed by atoms with Crippen molar-refractivity contribution in [3.8, 4) is 6.07 Å². The van der Waals surface area contributed by atoms with Gasteiger partial charge in [0, 0.05) is 0 Å². The number of hydrogen-bond donors (Lipinski definition) is 2. The Kier molecular flexibility index (Phi) is 5.51. The van der Waals surface area contributed by atoms with Crippen molar-refractivity contribution >= 4 is 17.7 Å². The second kappa shape index (κ2) is 6.70. The highest BCUT2D eigenvalue weighted by atomic mass is 32.2. The Morgan fingerprint density at radius 3 is 2.93 bits per heavy atom. The molecule has 0 bridgehead atoms. The van der Waals surface area contributed by atoms with Crippen LogP contribution < -0.4 is 5.32 Å². The molecule has 1 amide bonds. The quantitative estimate of drug-likeness (QED) is 0.693. The van der Waals surface area contributed by atoms with Gasteiger partial charge in [0.25, 0.3) is 0 Å². The number of aliphatic hydroxyl groups excluding tert-OH is 1. The first-order valence-electron chi connectivity index (χ1n) is 5.16. The summed E-state index contributed by atoms with van der Waals surface area (Å²) < 4.78 is 0. The maximum absolute atomic E-state index is 11.4. The van der Waals surface area contributed by atoms with E-state index in [1.165, 1.54) is 11.8 Å². The molecule has 4 nitrogen and oxygen atoms in total. The fraction of sp³-hybridized carbons (Fsp3) is 0.800. The SMILES string of the molecule is N#CCSCC(=O)N[C@@H]1CCCC[C@H]1O. The van der Waals surface area contributed by atoms with Gasteiger partial charge in [-0.15, -0.1) is 11.8 Å². The van der Waals surface area contributed by atoms with Gasteiger partial charge < -0.3 is 10.4 Å². The Balaban J connectivity index is 2.21. The predicted octanol–water partition coefficient (Wildman–Crippen LogP) is 0.663. The average Bonchev–Trinajstić information content (AvgIpc) is 2.22. The molecule has 0 aliphatic heterocycles. The maximum atomic E-state index is 11.4. The molecule has 0 aromatic heterocycles.